The molecule has 10 heteroatoms. The average molecular weight is 485 g/mol. The van der Waals surface area contributed by atoms with Crippen molar-refractivity contribution in [2.24, 2.45) is 35.5 Å². The first kappa shape index (κ1) is 36.4. The van der Waals surface area contributed by atoms with E-state index in [-0.39, 0.29) is 0 Å². The summed E-state index contributed by atoms with van der Waals surface area (Å²) in [4.78, 5) is 45.3. The molecule has 0 aromatic rings. The third-order valence-corrected chi connectivity index (χ3v) is 3.96. The van der Waals surface area contributed by atoms with E-state index < -0.39 is 13.4 Å². The Morgan fingerprint density at radius 2 is 0.643 bits per heavy atom. The molecular weight excluding hydrogens is 438 g/mol. The molecule has 28 heavy (non-hydrogen) atoms. The summed E-state index contributed by atoms with van der Waals surface area (Å²) < 4.78 is 0. The molecule has 0 saturated heterocycles. The molecule has 6 nitrogen and oxygen atoms in total. The van der Waals surface area contributed by atoms with Crippen LogP contribution >= 0.6 is 13.4 Å². The highest BCUT2D eigenvalue weighted by Gasteiger charge is 2.08. The Morgan fingerprint density at radius 1 is 0.500 bits per heavy atom. The monoisotopic (exact) mass is 484 g/mol. The van der Waals surface area contributed by atoms with Gasteiger partial charge in [-0.15, -0.1) is 0 Å². The summed E-state index contributed by atoms with van der Waals surface area (Å²) in [6.45, 7) is 15.4. The van der Waals surface area contributed by atoms with Crippen LogP contribution in [0.25, 0.3) is 0 Å². The lowest BCUT2D eigenvalue weighted by atomic mass is 9.90. The molecule has 0 aliphatic heterocycles. The topological polar surface area (TPSA) is 121 Å². The summed E-state index contributed by atoms with van der Waals surface area (Å²) >= 11 is 7.21. The average Bonchev–Trinajstić information content (AvgIpc) is 2.33. The molecule has 0 aromatic heterocycles. The Kier molecular flexibility index (Phi) is 24.5. The minimum Gasteiger partial charge on any atom is -0.325 e. The smallest absolute Gasteiger partial charge is 0.319 e. The molecule has 0 aliphatic rings. The number of hydrogen-bond acceptors (Lipinski definition) is 2. The van der Waals surface area contributed by atoms with Crippen molar-refractivity contribution in [1.82, 2.24) is 0 Å². The van der Waals surface area contributed by atoms with Crippen LogP contribution in [-0.2, 0) is 23.6 Å². The zero-order valence-corrected chi connectivity index (χ0v) is 22.7. The van der Waals surface area contributed by atoms with Crippen molar-refractivity contribution in [2.45, 2.75) is 82.1 Å². The van der Waals surface area contributed by atoms with Crippen molar-refractivity contribution in [2.75, 3.05) is 0 Å². The summed E-state index contributed by atoms with van der Waals surface area (Å²) in [5.41, 5.74) is 0. The number of rotatable bonds is 6. The molecule has 0 rings (SSSR count). The maximum absolute atomic E-state index is 7.56. The first-order chi connectivity index (χ1) is 12.1. The Bertz CT molecular complexity index is 377. The Hall–Kier alpha value is 1.06. The van der Waals surface area contributed by atoms with Crippen molar-refractivity contribution < 1.29 is 29.4 Å². The van der Waals surface area contributed by atoms with Gasteiger partial charge in [0.2, 0.25) is 0 Å². The van der Waals surface area contributed by atoms with Crippen molar-refractivity contribution in [1.29, 1.82) is 0 Å². The minimum absolute atomic E-state index is 0.854. The maximum Gasteiger partial charge on any atom is 0.319 e. The van der Waals surface area contributed by atoms with Gasteiger partial charge in [-0.25, -0.2) is 0 Å². The Balaban J connectivity index is -0.000000143. The fourth-order valence-electron chi connectivity index (χ4n) is 2.03. The fourth-order valence-corrected chi connectivity index (χ4v) is 2.03. The molecule has 6 N–H and O–H groups in total. The van der Waals surface area contributed by atoms with E-state index in [0.717, 1.165) is 35.5 Å². The van der Waals surface area contributed by atoms with E-state index in [1.165, 1.54) is 12.8 Å². The molecular formula is C18H46O6P2S2. The van der Waals surface area contributed by atoms with E-state index in [1.807, 2.05) is 0 Å². The molecule has 0 aliphatic carbocycles. The molecule has 176 valence electrons. The van der Waals surface area contributed by atoms with Gasteiger partial charge in [-0.3, -0.25) is 0 Å². The molecule has 0 radical (unpaired) electrons. The summed E-state index contributed by atoms with van der Waals surface area (Å²) in [6.07, 6.45) is 2.75. The lowest BCUT2D eigenvalue weighted by Gasteiger charge is -2.16. The van der Waals surface area contributed by atoms with Crippen LogP contribution in [0.15, 0.2) is 0 Å². The summed E-state index contributed by atoms with van der Waals surface area (Å²) in [6, 6.07) is 0. The molecule has 0 heterocycles. The Labute approximate surface area is 183 Å². The van der Waals surface area contributed by atoms with Crippen LogP contribution in [0, 0.1) is 35.5 Å². The Morgan fingerprint density at radius 3 is 0.679 bits per heavy atom. The molecule has 2 unspecified atom stereocenters. The second-order valence-corrected chi connectivity index (χ2v) is 13.7. The first-order valence-electron chi connectivity index (χ1n) is 9.64. The highest BCUT2D eigenvalue weighted by Crippen LogP contribution is 2.27. The van der Waals surface area contributed by atoms with Crippen LogP contribution in [0.5, 0.6) is 0 Å². The zero-order valence-electron chi connectivity index (χ0n) is 19.3. The van der Waals surface area contributed by atoms with Gasteiger partial charge in [0.05, 0.1) is 0 Å². The molecule has 0 bridgehead atoms. The van der Waals surface area contributed by atoms with Crippen LogP contribution in [-0.4, -0.2) is 29.4 Å². The van der Waals surface area contributed by atoms with Gasteiger partial charge in [0.1, 0.15) is 0 Å². The standard InChI is InChI=1S/2C9H20.2H3O3PS/c2*1-7(2)6-9(5)8(3)4;2*1-4(2,3)5/h2*7-9H,6H2,1-5H3;2*(H3,1,2,3,5). The van der Waals surface area contributed by atoms with Gasteiger partial charge in [0, 0.05) is 0 Å². The van der Waals surface area contributed by atoms with E-state index in [2.05, 4.69) is 92.9 Å². The van der Waals surface area contributed by atoms with E-state index in [0.29, 0.717) is 0 Å². The second-order valence-electron chi connectivity index (χ2n) is 8.73. The van der Waals surface area contributed by atoms with Crippen molar-refractivity contribution in [3.05, 3.63) is 0 Å². The highest BCUT2D eigenvalue weighted by atomic mass is 32.5. The minimum atomic E-state index is -3.81. The summed E-state index contributed by atoms with van der Waals surface area (Å²) in [5.74, 6) is 5.22. The molecule has 0 spiro atoms. The van der Waals surface area contributed by atoms with Crippen LogP contribution < -0.4 is 0 Å². The van der Waals surface area contributed by atoms with E-state index >= 15 is 0 Å². The molecule has 0 fully saturated rings. The fraction of sp³-hybridized carbons (Fsp3) is 1.00. The first-order valence-corrected chi connectivity index (χ1v) is 15.0. The van der Waals surface area contributed by atoms with Gasteiger partial charge < -0.3 is 29.4 Å². The van der Waals surface area contributed by atoms with Crippen LogP contribution in [0.4, 0.5) is 0 Å². The quantitative estimate of drug-likeness (QED) is 0.291. The molecule has 0 saturated carbocycles. The largest absolute Gasteiger partial charge is 0.325 e. The lowest BCUT2D eigenvalue weighted by Crippen LogP contribution is -2.06. The van der Waals surface area contributed by atoms with Gasteiger partial charge in [0.15, 0.2) is 0 Å². The number of hydrogen-bond donors (Lipinski definition) is 6. The molecule has 0 amide bonds. The van der Waals surface area contributed by atoms with Gasteiger partial charge in [-0.1, -0.05) is 69.2 Å². The SMILES string of the molecule is CC(C)CC(C)C(C)C.CC(C)CC(C)C(C)C.OP(O)(O)=S.OP(O)(O)=S. The third-order valence-electron chi connectivity index (χ3n) is 3.96. The second kappa shape index (κ2) is 18.8. The van der Waals surface area contributed by atoms with E-state index in [1.54, 1.807) is 0 Å². The van der Waals surface area contributed by atoms with Crippen LogP contribution in [0.1, 0.15) is 82.1 Å². The normalized spacial score (nSPS) is 13.9. The lowest BCUT2D eigenvalue weighted by molar-refractivity contribution is 0.344. The van der Waals surface area contributed by atoms with Gasteiger partial charge in [0.25, 0.3) is 0 Å². The van der Waals surface area contributed by atoms with Crippen molar-refractivity contribution in [3.63, 3.8) is 0 Å². The van der Waals surface area contributed by atoms with Crippen molar-refractivity contribution >= 4 is 37.1 Å². The highest BCUT2D eigenvalue weighted by molar-refractivity contribution is 8.06. The van der Waals surface area contributed by atoms with Gasteiger partial charge in [-0.05, 0) is 72.0 Å². The molecule has 2 atom stereocenters. The zero-order chi connectivity index (χ0) is 23.9. The van der Waals surface area contributed by atoms with E-state index in [9.17, 15) is 0 Å². The van der Waals surface area contributed by atoms with Crippen molar-refractivity contribution in [3.8, 4) is 0 Å². The van der Waals surface area contributed by atoms with Crippen LogP contribution in [0.3, 0.4) is 0 Å². The third kappa shape index (κ3) is 63.1. The van der Waals surface area contributed by atoms with Gasteiger partial charge >= 0.3 is 13.4 Å². The summed E-state index contributed by atoms with van der Waals surface area (Å²) in [5, 5.41) is 0. The maximum atomic E-state index is 7.56. The van der Waals surface area contributed by atoms with Crippen LogP contribution in [0.2, 0.25) is 0 Å². The predicted molar refractivity (Wildman–Crippen MR) is 129 cm³/mol. The predicted octanol–water partition coefficient (Wildman–Crippen LogP) is 5.02. The summed E-state index contributed by atoms with van der Waals surface area (Å²) in [7, 11) is 0. The van der Waals surface area contributed by atoms with E-state index in [4.69, 9.17) is 29.4 Å². The molecule has 0 aromatic carbocycles. The van der Waals surface area contributed by atoms with Gasteiger partial charge in [-0.2, -0.15) is 0 Å².